The van der Waals surface area contributed by atoms with E-state index in [-0.39, 0.29) is 13.0 Å². The molecule has 178 valence electrons. The van der Waals surface area contributed by atoms with Gasteiger partial charge in [0.1, 0.15) is 17.7 Å². The zero-order valence-corrected chi connectivity index (χ0v) is 19.4. The van der Waals surface area contributed by atoms with Crippen molar-refractivity contribution in [3.05, 3.63) is 71.8 Å². The standard InChI is InChI=1S/C25H32N2O6/c1-17(32-16-19-13-9-6-10-14-19)21(27-24(31)33-25(2,3)4)22(28)26-20(23(29)30)15-18-11-7-5-8-12-18/h5-14,17,20-21H,15-16H2,1-4H3,(H,26,28)(H,27,31)(H,29,30)/t17-,20+,21-/m1/s1. The molecular formula is C25H32N2O6. The quantitative estimate of drug-likeness (QED) is 0.506. The first-order valence-corrected chi connectivity index (χ1v) is 10.8. The van der Waals surface area contributed by atoms with Crippen LogP contribution >= 0.6 is 0 Å². The number of ether oxygens (including phenoxy) is 2. The molecule has 3 atom stereocenters. The number of carboxylic acids is 1. The number of hydrogen-bond donors (Lipinski definition) is 3. The van der Waals surface area contributed by atoms with Crippen LogP contribution in [0.5, 0.6) is 0 Å². The third kappa shape index (κ3) is 9.33. The normalized spacial score (nSPS) is 13.9. The summed E-state index contributed by atoms with van der Waals surface area (Å²) < 4.78 is 11.1. The van der Waals surface area contributed by atoms with Gasteiger partial charge >= 0.3 is 12.1 Å². The number of nitrogens with one attached hydrogen (secondary N) is 2. The van der Waals surface area contributed by atoms with Gasteiger partial charge in [-0.15, -0.1) is 0 Å². The summed E-state index contributed by atoms with van der Waals surface area (Å²) in [6, 6.07) is 16.0. The number of carbonyl (C=O) groups is 3. The molecule has 2 aromatic rings. The van der Waals surface area contributed by atoms with Gasteiger partial charge in [-0.3, -0.25) is 4.79 Å². The highest BCUT2D eigenvalue weighted by Gasteiger charge is 2.32. The number of aliphatic carboxylic acids is 1. The number of carbonyl (C=O) groups excluding carboxylic acids is 2. The van der Waals surface area contributed by atoms with E-state index in [0.29, 0.717) is 0 Å². The van der Waals surface area contributed by atoms with E-state index in [4.69, 9.17) is 9.47 Å². The second-order valence-electron chi connectivity index (χ2n) is 8.71. The van der Waals surface area contributed by atoms with Crippen LogP contribution in [0.4, 0.5) is 4.79 Å². The van der Waals surface area contributed by atoms with Crippen molar-refractivity contribution in [2.24, 2.45) is 0 Å². The molecule has 0 spiro atoms. The van der Waals surface area contributed by atoms with Gasteiger partial charge in [-0.05, 0) is 38.8 Å². The minimum atomic E-state index is -1.18. The average molecular weight is 457 g/mol. The molecule has 0 unspecified atom stereocenters. The Kier molecular flexibility index (Phi) is 9.42. The summed E-state index contributed by atoms with van der Waals surface area (Å²) in [5, 5.41) is 14.7. The molecule has 0 aliphatic heterocycles. The molecule has 2 aromatic carbocycles. The largest absolute Gasteiger partial charge is 0.480 e. The van der Waals surface area contributed by atoms with E-state index in [0.717, 1.165) is 11.1 Å². The lowest BCUT2D eigenvalue weighted by Gasteiger charge is -2.28. The second-order valence-corrected chi connectivity index (χ2v) is 8.71. The van der Waals surface area contributed by atoms with Crippen molar-refractivity contribution in [1.29, 1.82) is 0 Å². The van der Waals surface area contributed by atoms with Crippen molar-refractivity contribution in [3.63, 3.8) is 0 Å². The van der Waals surface area contributed by atoms with Gasteiger partial charge in [0.15, 0.2) is 0 Å². The maximum Gasteiger partial charge on any atom is 0.408 e. The van der Waals surface area contributed by atoms with Gasteiger partial charge in [0.2, 0.25) is 5.91 Å². The van der Waals surface area contributed by atoms with Gasteiger partial charge in [-0.2, -0.15) is 0 Å². The third-order valence-electron chi connectivity index (χ3n) is 4.68. The summed E-state index contributed by atoms with van der Waals surface area (Å²) in [7, 11) is 0. The SMILES string of the molecule is C[C@@H](OCc1ccccc1)[C@@H](NC(=O)OC(C)(C)C)C(=O)N[C@@H](Cc1ccccc1)C(=O)O. The predicted octanol–water partition coefficient (Wildman–Crippen LogP) is 3.30. The van der Waals surface area contributed by atoms with Gasteiger partial charge in [-0.25, -0.2) is 9.59 Å². The molecule has 0 fully saturated rings. The molecule has 8 heteroatoms. The van der Waals surface area contributed by atoms with Crippen LogP contribution in [-0.2, 0) is 32.1 Å². The van der Waals surface area contributed by atoms with E-state index in [2.05, 4.69) is 10.6 Å². The van der Waals surface area contributed by atoms with Gasteiger partial charge in [0.25, 0.3) is 0 Å². The predicted molar refractivity (Wildman–Crippen MR) is 124 cm³/mol. The van der Waals surface area contributed by atoms with E-state index in [1.165, 1.54) is 0 Å². The van der Waals surface area contributed by atoms with Gasteiger partial charge in [-0.1, -0.05) is 60.7 Å². The van der Waals surface area contributed by atoms with E-state index >= 15 is 0 Å². The van der Waals surface area contributed by atoms with Crippen LogP contribution in [0.1, 0.15) is 38.8 Å². The smallest absolute Gasteiger partial charge is 0.408 e. The summed E-state index contributed by atoms with van der Waals surface area (Å²) in [5.74, 6) is -1.86. The lowest BCUT2D eigenvalue weighted by Crippen LogP contribution is -2.57. The molecule has 2 rings (SSSR count). The lowest BCUT2D eigenvalue weighted by molar-refractivity contribution is -0.142. The first kappa shape index (κ1) is 25.9. The molecule has 0 aliphatic carbocycles. The van der Waals surface area contributed by atoms with Crippen LogP contribution in [0.3, 0.4) is 0 Å². The van der Waals surface area contributed by atoms with Crippen LogP contribution in [0, 0.1) is 0 Å². The van der Waals surface area contributed by atoms with Crippen LogP contribution in [0.15, 0.2) is 60.7 Å². The highest BCUT2D eigenvalue weighted by Crippen LogP contribution is 2.11. The Balaban J connectivity index is 2.13. The number of alkyl carbamates (subject to hydrolysis) is 1. The topological polar surface area (TPSA) is 114 Å². The Morgan fingerprint density at radius 3 is 1.97 bits per heavy atom. The number of amides is 2. The molecule has 3 N–H and O–H groups in total. The fraction of sp³-hybridized carbons (Fsp3) is 0.400. The van der Waals surface area contributed by atoms with Crippen molar-refractivity contribution >= 4 is 18.0 Å². The van der Waals surface area contributed by atoms with E-state index < -0.39 is 41.8 Å². The highest BCUT2D eigenvalue weighted by atomic mass is 16.6. The molecule has 0 bridgehead atoms. The van der Waals surface area contributed by atoms with Crippen LogP contribution < -0.4 is 10.6 Å². The number of carboxylic acid groups (broad SMARTS) is 1. The van der Waals surface area contributed by atoms with Crippen molar-refractivity contribution in [3.8, 4) is 0 Å². The van der Waals surface area contributed by atoms with E-state index in [9.17, 15) is 19.5 Å². The summed E-state index contributed by atoms with van der Waals surface area (Å²) in [5.41, 5.74) is 0.888. The summed E-state index contributed by atoms with van der Waals surface area (Å²) >= 11 is 0. The first-order chi connectivity index (χ1) is 15.5. The average Bonchev–Trinajstić information content (AvgIpc) is 2.75. The summed E-state index contributed by atoms with van der Waals surface area (Å²) in [6.45, 7) is 6.97. The Morgan fingerprint density at radius 1 is 0.909 bits per heavy atom. The molecule has 0 aliphatic rings. The Hall–Kier alpha value is -3.39. The third-order valence-corrected chi connectivity index (χ3v) is 4.68. The molecule has 33 heavy (non-hydrogen) atoms. The molecule has 8 nitrogen and oxygen atoms in total. The van der Waals surface area contributed by atoms with Gasteiger partial charge in [0.05, 0.1) is 12.7 Å². The molecular weight excluding hydrogens is 424 g/mol. The van der Waals surface area contributed by atoms with Gasteiger partial charge in [0, 0.05) is 6.42 Å². The van der Waals surface area contributed by atoms with E-state index in [1.54, 1.807) is 52.0 Å². The van der Waals surface area contributed by atoms with Crippen LogP contribution in [-0.4, -0.2) is 46.9 Å². The number of hydrogen-bond acceptors (Lipinski definition) is 5. The first-order valence-electron chi connectivity index (χ1n) is 10.8. The molecule has 0 saturated heterocycles. The molecule has 0 saturated carbocycles. The Bertz CT molecular complexity index is 911. The van der Waals surface area contributed by atoms with Gasteiger partial charge < -0.3 is 25.2 Å². The summed E-state index contributed by atoms with van der Waals surface area (Å²) in [6.07, 6.45) is -1.46. The summed E-state index contributed by atoms with van der Waals surface area (Å²) in [4.78, 5) is 37.2. The molecule has 2 amide bonds. The monoisotopic (exact) mass is 456 g/mol. The zero-order valence-electron chi connectivity index (χ0n) is 19.4. The number of benzene rings is 2. The minimum Gasteiger partial charge on any atom is -0.480 e. The second kappa shape index (κ2) is 12.0. The molecule has 0 radical (unpaired) electrons. The molecule has 0 aromatic heterocycles. The molecule has 0 heterocycles. The fourth-order valence-corrected chi connectivity index (χ4v) is 3.04. The maximum absolute atomic E-state index is 13.1. The van der Waals surface area contributed by atoms with Crippen molar-refractivity contribution in [2.75, 3.05) is 0 Å². The minimum absolute atomic E-state index is 0.0975. The Morgan fingerprint density at radius 2 is 1.45 bits per heavy atom. The van der Waals surface area contributed by atoms with Crippen LogP contribution in [0.25, 0.3) is 0 Å². The van der Waals surface area contributed by atoms with E-state index in [1.807, 2.05) is 36.4 Å². The van der Waals surface area contributed by atoms with Crippen molar-refractivity contribution in [2.45, 2.75) is 64.5 Å². The van der Waals surface area contributed by atoms with Crippen molar-refractivity contribution in [1.82, 2.24) is 10.6 Å². The Labute approximate surface area is 194 Å². The van der Waals surface area contributed by atoms with Crippen LogP contribution in [0.2, 0.25) is 0 Å². The fourth-order valence-electron chi connectivity index (χ4n) is 3.04. The zero-order chi connectivity index (χ0) is 24.4. The highest BCUT2D eigenvalue weighted by molar-refractivity contribution is 5.89. The van der Waals surface area contributed by atoms with Crippen molar-refractivity contribution < 1.29 is 29.0 Å². The number of rotatable bonds is 10. The maximum atomic E-state index is 13.1. The lowest BCUT2D eigenvalue weighted by atomic mass is 10.0.